The lowest BCUT2D eigenvalue weighted by atomic mass is 10.1. The molecule has 1 saturated heterocycles. The molecule has 1 rings (SSSR count). The van der Waals surface area contributed by atoms with Crippen LogP contribution in [0.5, 0.6) is 0 Å². The van der Waals surface area contributed by atoms with E-state index in [0.717, 1.165) is 18.0 Å². The maximum atomic E-state index is 3.73. The predicted octanol–water partition coefficient (Wildman–Crippen LogP) is 2.89. The van der Waals surface area contributed by atoms with E-state index in [9.17, 15) is 0 Å². The Labute approximate surface area is 102 Å². The van der Waals surface area contributed by atoms with Crippen molar-refractivity contribution in [1.82, 2.24) is 10.2 Å². The van der Waals surface area contributed by atoms with E-state index in [4.69, 9.17) is 0 Å². The van der Waals surface area contributed by atoms with Gasteiger partial charge >= 0.3 is 0 Å². The van der Waals surface area contributed by atoms with Gasteiger partial charge in [0, 0.05) is 12.1 Å². The molecule has 1 N–H and O–H groups in total. The van der Waals surface area contributed by atoms with Crippen molar-refractivity contribution in [2.24, 2.45) is 5.92 Å². The number of rotatable bonds is 5. The van der Waals surface area contributed by atoms with E-state index in [1.165, 1.54) is 45.3 Å². The largest absolute Gasteiger partial charge is 0.314 e. The highest BCUT2D eigenvalue weighted by molar-refractivity contribution is 4.76. The van der Waals surface area contributed by atoms with Crippen LogP contribution in [-0.4, -0.2) is 36.6 Å². The fourth-order valence-corrected chi connectivity index (χ4v) is 2.42. The average Bonchev–Trinajstić information content (AvgIpc) is 2.42. The number of hydrogen-bond donors (Lipinski definition) is 1. The Kier molecular flexibility index (Phi) is 6.37. The number of nitrogens with one attached hydrogen (secondary N) is 1. The van der Waals surface area contributed by atoms with Crippen LogP contribution in [-0.2, 0) is 0 Å². The summed E-state index contributed by atoms with van der Waals surface area (Å²) in [6.45, 7) is 13.0. The first-order valence-electron chi connectivity index (χ1n) is 7.07. The Bertz CT molecular complexity index is 178. The van der Waals surface area contributed by atoms with Gasteiger partial charge in [0.25, 0.3) is 0 Å². The zero-order chi connectivity index (χ0) is 12.0. The zero-order valence-corrected chi connectivity index (χ0v) is 11.6. The van der Waals surface area contributed by atoms with Crippen molar-refractivity contribution in [1.29, 1.82) is 0 Å². The minimum absolute atomic E-state index is 0.717. The molecule has 1 aliphatic rings. The van der Waals surface area contributed by atoms with Gasteiger partial charge in [-0.2, -0.15) is 0 Å². The van der Waals surface area contributed by atoms with Crippen molar-refractivity contribution in [3.8, 4) is 0 Å². The highest BCUT2D eigenvalue weighted by atomic mass is 15.1. The molecule has 1 fully saturated rings. The fraction of sp³-hybridized carbons (Fsp3) is 1.00. The van der Waals surface area contributed by atoms with E-state index in [0.29, 0.717) is 0 Å². The van der Waals surface area contributed by atoms with Crippen LogP contribution >= 0.6 is 0 Å². The summed E-state index contributed by atoms with van der Waals surface area (Å²) in [6, 6.07) is 1.48. The zero-order valence-electron chi connectivity index (χ0n) is 11.6. The molecular formula is C14H30N2. The Morgan fingerprint density at radius 3 is 2.50 bits per heavy atom. The van der Waals surface area contributed by atoms with Gasteiger partial charge in [0.15, 0.2) is 0 Å². The second kappa shape index (κ2) is 7.29. The summed E-state index contributed by atoms with van der Waals surface area (Å²) < 4.78 is 0. The first-order valence-corrected chi connectivity index (χ1v) is 7.07. The van der Waals surface area contributed by atoms with Gasteiger partial charge in [0.05, 0.1) is 0 Å². The molecule has 0 saturated carbocycles. The van der Waals surface area contributed by atoms with Crippen molar-refractivity contribution in [3.63, 3.8) is 0 Å². The maximum Gasteiger partial charge on any atom is 0.00797 e. The second-order valence-electron chi connectivity index (χ2n) is 5.89. The Balaban J connectivity index is 2.20. The highest BCUT2D eigenvalue weighted by Gasteiger charge is 2.17. The molecule has 0 amide bonds. The summed E-state index contributed by atoms with van der Waals surface area (Å²) in [6.07, 6.45) is 5.36. The number of hydrogen-bond acceptors (Lipinski definition) is 2. The molecule has 0 spiro atoms. The fourth-order valence-electron chi connectivity index (χ4n) is 2.42. The number of nitrogens with zero attached hydrogens (tertiary/aromatic N) is 1. The normalized spacial score (nSPS) is 24.0. The van der Waals surface area contributed by atoms with Crippen LogP contribution in [0, 0.1) is 5.92 Å². The van der Waals surface area contributed by atoms with Gasteiger partial charge in [-0.15, -0.1) is 0 Å². The van der Waals surface area contributed by atoms with Crippen LogP contribution in [0.4, 0.5) is 0 Å². The van der Waals surface area contributed by atoms with E-state index in [1.54, 1.807) is 0 Å². The third-order valence-corrected chi connectivity index (χ3v) is 3.65. The second-order valence-corrected chi connectivity index (χ2v) is 5.89. The maximum absolute atomic E-state index is 3.73. The molecule has 1 aliphatic heterocycles. The molecule has 1 heterocycles. The first kappa shape index (κ1) is 14.0. The van der Waals surface area contributed by atoms with Crippen LogP contribution in [0.2, 0.25) is 0 Å². The summed E-state index contributed by atoms with van der Waals surface area (Å²) in [5.74, 6) is 0.824. The Hall–Kier alpha value is -0.0800. The third-order valence-electron chi connectivity index (χ3n) is 3.65. The lowest BCUT2D eigenvalue weighted by Gasteiger charge is -2.24. The Morgan fingerprint density at radius 2 is 1.88 bits per heavy atom. The SMILES string of the molecule is CC(C)CCNC1CCCN(C(C)C)CC1. The van der Waals surface area contributed by atoms with E-state index < -0.39 is 0 Å². The minimum Gasteiger partial charge on any atom is -0.314 e. The monoisotopic (exact) mass is 226 g/mol. The van der Waals surface area contributed by atoms with Crippen LogP contribution in [0.3, 0.4) is 0 Å². The molecule has 2 nitrogen and oxygen atoms in total. The van der Waals surface area contributed by atoms with Crippen molar-refractivity contribution in [2.45, 2.75) is 65.5 Å². The molecule has 1 unspecified atom stereocenters. The summed E-state index contributed by atoms with van der Waals surface area (Å²) in [7, 11) is 0. The highest BCUT2D eigenvalue weighted by Crippen LogP contribution is 2.13. The number of likely N-dealkylation sites (tertiary alicyclic amines) is 1. The molecule has 0 aromatic heterocycles. The summed E-state index contributed by atoms with van der Waals surface area (Å²) >= 11 is 0. The molecule has 0 aromatic rings. The predicted molar refractivity (Wildman–Crippen MR) is 71.8 cm³/mol. The molecule has 0 aromatic carbocycles. The van der Waals surface area contributed by atoms with Crippen LogP contribution in [0.25, 0.3) is 0 Å². The summed E-state index contributed by atoms with van der Waals surface area (Å²) in [4.78, 5) is 2.62. The van der Waals surface area contributed by atoms with Gasteiger partial charge < -0.3 is 10.2 Å². The van der Waals surface area contributed by atoms with Crippen LogP contribution in [0.1, 0.15) is 53.4 Å². The Morgan fingerprint density at radius 1 is 1.12 bits per heavy atom. The summed E-state index contributed by atoms with van der Waals surface area (Å²) in [5, 5.41) is 3.73. The molecule has 16 heavy (non-hydrogen) atoms. The molecule has 2 heteroatoms. The molecule has 0 aliphatic carbocycles. The molecule has 96 valence electrons. The summed E-state index contributed by atoms with van der Waals surface area (Å²) in [5.41, 5.74) is 0. The van der Waals surface area contributed by atoms with Crippen molar-refractivity contribution in [3.05, 3.63) is 0 Å². The van der Waals surface area contributed by atoms with E-state index in [1.807, 2.05) is 0 Å². The molecular weight excluding hydrogens is 196 g/mol. The van der Waals surface area contributed by atoms with E-state index in [2.05, 4.69) is 37.9 Å². The average molecular weight is 226 g/mol. The molecule has 1 atom stereocenters. The van der Waals surface area contributed by atoms with Gasteiger partial charge in [0.1, 0.15) is 0 Å². The quantitative estimate of drug-likeness (QED) is 0.775. The smallest absolute Gasteiger partial charge is 0.00797 e. The van der Waals surface area contributed by atoms with Crippen LogP contribution < -0.4 is 5.32 Å². The molecule has 0 radical (unpaired) electrons. The van der Waals surface area contributed by atoms with Crippen molar-refractivity contribution >= 4 is 0 Å². The van der Waals surface area contributed by atoms with Gasteiger partial charge in [-0.05, 0) is 65.1 Å². The third kappa shape index (κ3) is 5.31. The van der Waals surface area contributed by atoms with Gasteiger partial charge in [0.2, 0.25) is 0 Å². The van der Waals surface area contributed by atoms with Gasteiger partial charge in [-0.1, -0.05) is 13.8 Å². The standard InChI is InChI=1S/C14H30N2/c1-12(2)7-9-15-14-6-5-10-16(11-8-14)13(3)4/h12-15H,5-11H2,1-4H3. The van der Waals surface area contributed by atoms with E-state index >= 15 is 0 Å². The lowest BCUT2D eigenvalue weighted by Crippen LogP contribution is -2.34. The van der Waals surface area contributed by atoms with Gasteiger partial charge in [-0.25, -0.2) is 0 Å². The van der Waals surface area contributed by atoms with Crippen LogP contribution in [0.15, 0.2) is 0 Å². The van der Waals surface area contributed by atoms with Crippen molar-refractivity contribution in [2.75, 3.05) is 19.6 Å². The topological polar surface area (TPSA) is 15.3 Å². The van der Waals surface area contributed by atoms with Crippen molar-refractivity contribution < 1.29 is 0 Å². The van der Waals surface area contributed by atoms with E-state index in [-0.39, 0.29) is 0 Å². The minimum atomic E-state index is 0.717. The van der Waals surface area contributed by atoms with Gasteiger partial charge in [-0.3, -0.25) is 0 Å². The molecule has 0 bridgehead atoms. The first-order chi connectivity index (χ1) is 7.59. The lowest BCUT2D eigenvalue weighted by molar-refractivity contribution is 0.229.